The van der Waals surface area contributed by atoms with Crippen LogP contribution in [0.2, 0.25) is 0 Å². The molecule has 0 aliphatic carbocycles. The maximum Gasteiger partial charge on any atom is 0.269 e. The van der Waals surface area contributed by atoms with Crippen molar-refractivity contribution < 1.29 is 19.0 Å². The highest BCUT2D eigenvalue weighted by molar-refractivity contribution is 9.10. The number of halogens is 2. The Bertz CT molecular complexity index is 745. The van der Waals surface area contributed by atoms with E-state index in [9.17, 15) is 14.3 Å². The molecule has 21 heavy (non-hydrogen) atoms. The van der Waals surface area contributed by atoms with Gasteiger partial charge in [-0.15, -0.1) is 0 Å². The molecule has 8 heteroatoms. The number of hydrogen-bond donors (Lipinski definition) is 2. The molecule has 1 aliphatic rings. The summed E-state index contributed by atoms with van der Waals surface area (Å²) in [6.45, 7) is 0.269. The Morgan fingerprint density at radius 2 is 2.33 bits per heavy atom. The molecular formula is C13H11BrFN3O3. The van der Waals surface area contributed by atoms with Gasteiger partial charge in [0.2, 0.25) is 0 Å². The van der Waals surface area contributed by atoms with Gasteiger partial charge in [-0.1, -0.05) is 0 Å². The van der Waals surface area contributed by atoms with E-state index in [0.717, 1.165) is 0 Å². The first kappa shape index (κ1) is 14.0. The number of nitrogens with two attached hydrogens (primary N) is 1. The largest absolute Gasteiger partial charge is 0.491 e. The number of hydrogen-bond acceptors (Lipinski definition) is 4. The zero-order valence-electron chi connectivity index (χ0n) is 10.8. The Kier molecular flexibility index (Phi) is 3.42. The van der Waals surface area contributed by atoms with Crippen LogP contribution in [0.1, 0.15) is 16.2 Å². The van der Waals surface area contributed by atoms with E-state index in [-0.39, 0.29) is 23.4 Å². The number of aromatic nitrogens is 2. The number of carbonyl (C=O) groups is 1. The minimum Gasteiger partial charge on any atom is -0.491 e. The molecule has 1 aromatic carbocycles. The molecule has 3 N–H and O–H groups in total. The predicted molar refractivity (Wildman–Crippen MR) is 75.3 cm³/mol. The normalized spacial score (nSPS) is 13.1. The zero-order valence-corrected chi connectivity index (χ0v) is 12.4. The summed E-state index contributed by atoms with van der Waals surface area (Å²) in [4.78, 5) is 15.7. The second kappa shape index (κ2) is 5.12. The van der Waals surface area contributed by atoms with E-state index in [0.29, 0.717) is 29.4 Å². The number of fused-ring (bicyclic) bond motifs is 3. The van der Waals surface area contributed by atoms with Gasteiger partial charge in [0.1, 0.15) is 24.0 Å². The number of ether oxygens (including phenoxy) is 1. The molecule has 1 aromatic heterocycles. The summed E-state index contributed by atoms with van der Waals surface area (Å²) in [5, 5.41) is 9.47. The van der Waals surface area contributed by atoms with E-state index in [1.165, 1.54) is 12.1 Å². The van der Waals surface area contributed by atoms with Crippen molar-refractivity contribution in [3.63, 3.8) is 0 Å². The number of benzene rings is 1. The van der Waals surface area contributed by atoms with E-state index in [2.05, 4.69) is 20.9 Å². The highest BCUT2D eigenvalue weighted by Gasteiger charge is 2.26. The van der Waals surface area contributed by atoms with Crippen molar-refractivity contribution in [3.05, 3.63) is 33.8 Å². The Labute approximate surface area is 127 Å². The van der Waals surface area contributed by atoms with E-state index in [1.54, 1.807) is 4.57 Å². The first-order valence-electron chi connectivity index (χ1n) is 6.15. The molecule has 0 fully saturated rings. The third-order valence-electron chi connectivity index (χ3n) is 3.29. The fraction of sp³-hybridized carbons (Fsp3) is 0.231. The van der Waals surface area contributed by atoms with Crippen LogP contribution in [0.4, 0.5) is 4.39 Å². The fourth-order valence-corrected chi connectivity index (χ4v) is 2.70. The van der Waals surface area contributed by atoms with Crippen molar-refractivity contribution in [2.75, 3.05) is 6.61 Å². The van der Waals surface area contributed by atoms with Crippen LogP contribution in [0, 0.1) is 5.82 Å². The number of primary amides is 1. The minimum absolute atomic E-state index is 0.0146. The van der Waals surface area contributed by atoms with Gasteiger partial charge < -0.3 is 20.1 Å². The summed E-state index contributed by atoms with van der Waals surface area (Å²) < 4.78 is 21.1. The number of rotatable bonds is 2. The standard InChI is InChI=1S/C13H11BrFN3O3/c14-7-3-6-10(4-8(7)15)21-2-1-18-9(5-19)11(12(16)20)17-13(6)18/h3-4,19H,1-2,5H2,(H2,16,20). The number of aliphatic hydroxyl groups excluding tert-OH is 1. The molecule has 0 atom stereocenters. The summed E-state index contributed by atoms with van der Waals surface area (Å²) in [7, 11) is 0. The van der Waals surface area contributed by atoms with Gasteiger partial charge in [-0.25, -0.2) is 9.37 Å². The predicted octanol–water partition coefficient (Wildman–Crippen LogP) is 1.44. The van der Waals surface area contributed by atoms with E-state index < -0.39 is 11.7 Å². The molecule has 1 amide bonds. The van der Waals surface area contributed by atoms with Gasteiger partial charge in [0.05, 0.1) is 28.9 Å². The Morgan fingerprint density at radius 1 is 1.57 bits per heavy atom. The number of nitrogens with zero attached hydrogens (tertiary/aromatic N) is 2. The highest BCUT2D eigenvalue weighted by atomic mass is 79.9. The Balaban J connectivity index is 2.29. The molecule has 0 radical (unpaired) electrons. The lowest BCUT2D eigenvalue weighted by atomic mass is 10.2. The average molecular weight is 356 g/mol. The van der Waals surface area contributed by atoms with Crippen molar-refractivity contribution in [2.24, 2.45) is 5.73 Å². The van der Waals surface area contributed by atoms with Gasteiger partial charge in [-0.05, 0) is 22.0 Å². The molecule has 2 heterocycles. The lowest BCUT2D eigenvalue weighted by Gasteiger charge is -2.07. The van der Waals surface area contributed by atoms with E-state index in [1.807, 2.05) is 0 Å². The van der Waals surface area contributed by atoms with Gasteiger partial charge in [0.25, 0.3) is 5.91 Å². The van der Waals surface area contributed by atoms with E-state index in [4.69, 9.17) is 10.5 Å². The maximum atomic E-state index is 13.6. The minimum atomic E-state index is -0.719. The summed E-state index contributed by atoms with van der Waals surface area (Å²) in [6, 6.07) is 2.78. The number of aliphatic hydroxyl groups is 1. The number of carbonyl (C=O) groups excluding carboxylic acids is 1. The van der Waals surface area contributed by atoms with Crippen LogP contribution in [0.3, 0.4) is 0 Å². The van der Waals surface area contributed by atoms with Crippen LogP contribution in [0.5, 0.6) is 5.75 Å². The molecule has 0 saturated carbocycles. The number of imidazole rings is 1. The van der Waals surface area contributed by atoms with Crippen LogP contribution in [0.15, 0.2) is 16.6 Å². The molecule has 0 saturated heterocycles. The summed E-state index contributed by atoms with van der Waals surface area (Å²) in [5.74, 6) is -0.421. The lowest BCUT2D eigenvalue weighted by molar-refractivity contribution is 0.0992. The molecule has 0 unspecified atom stereocenters. The van der Waals surface area contributed by atoms with Crippen LogP contribution in [0.25, 0.3) is 11.4 Å². The van der Waals surface area contributed by atoms with Gasteiger partial charge in [0, 0.05) is 6.07 Å². The first-order valence-corrected chi connectivity index (χ1v) is 6.94. The summed E-state index contributed by atoms with van der Waals surface area (Å²) >= 11 is 3.11. The highest BCUT2D eigenvalue weighted by Crippen LogP contribution is 2.36. The zero-order chi connectivity index (χ0) is 15.1. The van der Waals surface area contributed by atoms with Crippen LogP contribution in [-0.2, 0) is 13.2 Å². The van der Waals surface area contributed by atoms with Gasteiger partial charge in [-0.2, -0.15) is 0 Å². The van der Waals surface area contributed by atoms with Crippen LogP contribution < -0.4 is 10.5 Å². The fourth-order valence-electron chi connectivity index (χ4n) is 2.36. The summed E-state index contributed by atoms with van der Waals surface area (Å²) in [5.41, 5.74) is 6.16. The number of amides is 1. The Morgan fingerprint density at radius 3 is 3.00 bits per heavy atom. The second-order valence-electron chi connectivity index (χ2n) is 4.52. The topological polar surface area (TPSA) is 90.4 Å². The SMILES string of the molecule is NC(=O)c1nc2n(c1CO)CCOc1cc(F)c(Br)cc1-2. The summed E-state index contributed by atoms with van der Waals surface area (Å²) in [6.07, 6.45) is 0. The van der Waals surface area contributed by atoms with Crippen molar-refractivity contribution in [3.8, 4) is 17.1 Å². The van der Waals surface area contributed by atoms with Crippen LogP contribution >= 0.6 is 15.9 Å². The smallest absolute Gasteiger partial charge is 0.269 e. The maximum absolute atomic E-state index is 13.6. The molecule has 1 aliphatic heterocycles. The molecule has 0 spiro atoms. The van der Waals surface area contributed by atoms with Gasteiger partial charge in [-0.3, -0.25) is 4.79 Å². The third kappa shape index (κ3) is 2.20. The molecule has 6 nitrogen and oxygen atoms in total. The molecule has 2 aromatic rings. The Hall–Kier alpha value is -1.93. The van der Waals surface area contributed by atoms with Gasteiger partial charge in [0.15, 0.2) is 5.69 Å². The molecule has 110 valence electrons. The first-order chi connectivity index (χ1) is 10.0. The average Bonchev–Trinajstić information content (AvgIpc) is 2.73. The van der Waals surface area contributed by atoms with Crippen molar-refractivity contribution in [1.82, 2.24) is 9.55 Å². The van der Waals surface area contributed by atoms with Crippen molar-refractivity contribution in [2.45, 2.75) is 13.2 Å². The van der Waals surface area contributed by atoms with Crippen molar-refractivity contribution >= 4 is 21.8 Å². The third-order valence-corrected chi connectivity index (χ3v) is 3.90. The van der Waals surface area contributed by atoms with Crippen molar-refractivity contribution in [1.29, 1.82) is 0 Å². The second-order valence-corrected chi connectivity index (χ2v) is 5.37. The monoisotopic (exact) mass is 355 g/mol. The molecule has 3 rings (SSSR count). The van der Waals surface area contributed by atoms with E-state index >= 15 is 0 Å². The molecule has 0 bridgehead atoms. The lowest BCUT2D eigenvalue weighted by Crippen LogP contribution is -2.16. The molecular weight excluding hydrogens is 345 g/mol. The van der Waals surface area contributed by atoms with Gasteiger partial charge >= 0.3 is 0 Å². The quantitative estimate of drug-likeness (QED) is 0.852. The van der Waals surface area contributed by atoms with Crippen LogP contribution in [-0.4, -0.2) is 27.2 Å².